The number of urea groups is 1. The second-order valence-corrected chi connectivity index (χ2v) is 6.97. The summed E-state index contributed by atoms with van der Waals surface area (Å²) in [6.07, 6.45) is 2.16. The summed E-state index contributed by atoms with van der Waals surface area (Å²) in [6, 6.07) is 8.85. The van der Waals surface area contributed by atoms with Crippen molar-refractivity contribution in [2.75, 3.05) is 19.6 Å². The minimum atomic E-state index is -0.530. The van der Waals surface area contributed by atoms with Gasteiger partial charge in [0.1, 0.15) is 6.04 Å². The van der Waals surface area contributed by atoms with Gasteiger partial charge in [-0.2, -0.15) is 0 Å². The first-order valence-corrected chi connectivity index (χ1v) is 9.13. The summed E-state index contributed by atoms with van der Waals surface area (Å²) >= 11 is 0. The van der Waals surface area contributed by atoms with Gasteiger partial charge >= 0.3 is 6.03 Å². The van der Waals surface area contributed by atoms with Crippen LogP contribution in [0.2, 0.25) is 0 Å². The molecule has 1 aromatic rings. The molecule has 6 nitrogen and oxygen atoms in total. The fraction of sp³-hybridized carbons (Fsp3) is 0.579. The number of carbonyl (C=O) groups excluding carboxylic acids is 2. The molecule has 0 aliphatic carbocycles. The van der Waals surface area contributed by atoms with Crippen LogP contribution in [0.15, 0.2) is 30.3 Å². The highest BCUT2D eigenvalue weighted by Gasteiger charge is 2.25. The Morgan fingerprint density at radius 3 is 2.44 bits per heavy atom. The third-order valence-electron chi connectivity index (χ3n) is 4.56. The van der Waals surface area contributed by atoms with E-state index >= 15 is 0 Å². The first-order chi connectivity index (χ1) is 12.1. The summed E-state index contributed by atoms with van der Waals surface area (Å²) in [6.45, 7) is 7.01. The Bertz CT molecular complexity index is 542. The van der Waals surface area contributed by atoms with E-state index in [4.69, 9.17) is 0 Å². The van der Waals surface area contributed by atoms with Crippen LogP contribution in [0.5, 0.6) is 0 Å². The van der Waals surface area contributed by atoms with E-state index in [9.17, 15) is 9.59 Å². The van der Waals surface area contributed by atoms with Crippen LogP contribution in [0, 0.1) is 11.8 Å². The molecule has 1 aromatic carbocycles. The molecule has 1 fully saturated rings. The monoisotopic (exact) mass is 346 g/mol. The predicted octanol–water partition coefficient (Wildman–Crippen LogP) is 1.63. The molecule has 0 aromatic heterocycles. The fourth-order valence-electron chi connectivity index (χ4n) is 2.95. The van der Waals surface area contributed by atoms with Crippen molar-refractivity contribution in [2.24, 2.45) is 11.8 Å². The lowest BCUT2D eigenvalue weighted by Crippen LogP contribution is -2.53. The Balaban J connectivity index is 1.78. The van der Waals surface area contributed by atoms with E-state index in [0.717, 1.165) is 31.5 Å². The summed E-state index contributed by atoms with van der Waals surface area (Å²) in [5.74, 6) is 0.434. The van der Waals surface area contributed by atoms with Crippen molar-refractivity contribution < 1.29 is 9.59 Å². The van der Waals surface area contributed by atoms with E-state index in [2.05, 4.69) is 21.3 Å². The van der Waals surface area contributed by atoms with E-state index in [1.165, 1.54) is 0 Å². The van der Waals surface area contributed by atoms with Crippen molar-refractivity contribution in [3.63, 3.8) is 0 Å². The average Bonchev–Trinajstić information content (AvgIpc) is 2.64. The highest BCUT2D eigenvalue weighted by molar-refractivity contribution is 5.87. The number of nitrogens with one attached hydrogen (secondary N) is 4. The first-order valence-electron chi connectivity index (χ1n) is 9.13. The van der Waals surface area contributed by atoms with Gasteiger partial charge in [-0.3, -0.25) is 4.79 Å². The number of hydrogen-bond donors (Lipinski definition) is 4. The summed E-state index contributed by atoms with van der Waals surface area (Å²) in [5, 5.41) is 11.9. The van der Waals surface area contributed by atoms with Gasteiger partial charge in [0.25, 0.3) is 0 Å². The molecule has 0 radical (unpaired) electrons. The van der Waals surface area contributed by atoms with Crippen LogP contribution in [0.3, 0.4) is 0 Å². The van der Waals surface area contributed by atoms with E-state index in [1.54, 1.807) is 0 Å². The molecule has 0 spiro atoms. The van der Waals surface area contributed by atoms with Gasteiger partial charge in [0.05, 0.1) is 0 Å². The van der Waals surface area contributed by atoms with E-state index in [-0.39, 0.29) is 17.9 Å². The molecule has 1 atom stereocenters. The molecule has 1 unspecified atom stereocenters. The standard InChI is InChI=1S/C19H30N4O2/c1-14(2)17(18(24)21-12-16-8-10-20-11-9-16)23-19(25)22-13-15-6-4-3-5-7-15/h3-7,14,16-17,20H,8-13H2,1-2H3,(H,21,24)(H2,22,23,25). The van der Waals surface area contributed by atoms with Gasteiger partial charge in [0.15, 0.2) is 0 Å². The second kappa shape index (κ2) is 10.0. The van der Waals surface area contributed by atoms with Crippen LogP contribution in [-0.4, -0.2) is 37.6 Å². The van der Waals surface area contributed by atoms with Crippen molar-refractivity contribution in [3.05, 3.63) is 35.9 Å². The zero-order chi connectivity index (χ0) is 18.1. The van der Waals surface area contributed by atoms with Crippen LogP contribution in [0.1, 0.15) is 32.3 Å². The molecule has 1 saturated heterocycles. The molecule has 3 amide bonds. The third kappa shape index (κ3) is 6.74. The first kappa shape index (κ1) is 19.2. The van der Waals surface area contributed by atoms with Gasteiger partial charge in [-0.25, -0.2) is 4.79 Å². The normalized spacial score (nSPS) is 16.3. The Kier molecular flexibility index (Phi) is 7.73. The van der Waals surface area contributed by atoms with Gasteiger partial charge in [-0.1, -0.05) is 44.2 Å². The van der Waals surface area contributed by atoms with Crippen molar-refractivity contribution >= 4 is 11.9 Å². The predicted molar refractivity (Wildman–Crippen MR) is 99.0 cm³/mol. The maximum absolute atomic E-state index is 12.5. The zero-order valence-corrected chi connectivity index (χ0v) is 15.2. The number of amides is 3. The number of benzene rings is 1. The van der Waals surface area contributed by atoms with E-state index < -0.39 is 6.04 Å². The van der Waals surface area contributed by atoms with Gasteiger partial charge in [-0.05, 0) is 43.3 Å². The molecule has 0 bridgehead atoms. The summed E-state index contributed by atoms with van der Waals surface area (Å²) in [7, 11) is 0. The third-order valence-corrected chi connectivity index (χ3v) is 4.56. The van der Waals surface area contributed by atoms with Crippen LogP contribution in [0.4, 0.5) is 4.79 Å². The van der Waals surface area contributed by atoms with Crippen LogP contribution < -0.4 is 21.3 Å². The molecular weight excluding hydrogens is 316 g/mol. The lowest BCUT2D eigenvalue weighted by Gasteiger charge is -2.26. The second-order valence-electron chi connectivity index (χ2n) is 6.97. The van der Waals surface area contributed by atoms with Crippen LogP contribution >= 0.6 is 0 Å². The van der Waals surface area contributed by atoms with Crippen molar-refractivity contribution in [3.8, 4) is 0 Å². The summed E-state index contributed by atoms with van der Waals surface area (Å²) < 4.78 is 0. The molecule has 6 heteroatoms. The zero-order valence-electron chi connectivity index (χ0n) is 15.2. The molecule has 0 saturated carbocycles. The summed E-state index contributed by atoms with van der Waals surface area (Å²) in [5.41, 5.74) is 1.02. The van der Waals surface area contributed by atoms with Gasteiger partial charge in [-0.15, -0.1) is 0 Å². The topological polar surface area (TPSA) is 82.3 Å². The SMILES string of the molecule is CC(C)C(NC(=O)NCc1ccccc1)C(=O)NCC1CCNCC1. The Morgan fingerprint density at radius 1 is 1.12 bits per heavy atom. The van der Waals surface area contributed by atoms with Crippen LogP contribution in [0.25, 0.3) is 0 Å². The van der Waals surface area contributed by atoms with Gasteiger partial charge < -0.3 is 21.3 Å². The fourth-order valence-corrected chi connectivity index (χ4v) is 2.95. The number of rotatable bonds is 7. The Morgan fingerprint density at radius 2 is 1.80 bits per heavy atom. The quantitative estimate of drug-likeness (QED) is 0.606. The van der Waals surface area contributed by atoms with E-state index in [0.29, 0.717) is 19.0 Å². The lowest BCUT2D eigenvalue weighted by molar-refractivity contribution is -0.124. The minimum Gasteiger partial charge on any atom is -0.354 e. The minimum absolute atomic E-state index is 0.0236. The largest absolute Gasteiger partial charge is 0.354 e. The molecule has 2 rings (SSSR count). The Hall–Kier alpha value is -2.08. The number of carbonyl (C=O) groups is 2. The maximum Gasteiger partial charge on any atom is 0.315 e. The van der Waals surface area contributed by atoms with Crippen molar-refractivity contribution in [1.82, 2.24) is 21.3 Å². The molecule has 4 N–H and O–H groups in total. The lowest BCUT2D eigenvalue weighted by atomic mass is 9.97. The van der Waals surface area contributed by atoms with Crippen LogP contribution in [-0.2, 0) is 11.3 Å². The molecule has 1 aliphatic heterocycles. The molecule has 1 heterocycles. The molecule has 1 aliphatic rings. The highest BCUT2D eigenvalue weighted by atomic mass is 16.2. The van der Waals surface area contributed by atoms with Gasteiger partial charge in [0, 0.05) is 13.1 Å². The summed E-state index contributed by atoms with van der Waals surface area (Å²) in [4.78, 5) is 24.6. The molecule has 25 heavy (non-hydrogen) atoms. The average molecular weight is 346 g/mol. The smallest absolute Gasteiger partial charge is 0.315 e. The number of hydrogen-bond acceptors (Lipinski definition) is 3. The van der Waals surface area contributed by atoms with Crippen molar-refractivity contribution in [1.29, 1.82) is 0 Å². The molecular formula is C19H30N4O2. The molecule has 138 valence electrons. The highest BCUT2D eigenvalue weighted by Crippen LogP contribution is 2.10. The van der Waals surface area contributed by atoms with Crippen molar-refractivity contribution in [2.45, 2.75) is 39.3 Å². The van der Waals surface area contributed by atoms with Gasteiger partial charge in [0.2, 0.25) is 5.91 Å². The number of piperidine rings is 1. The van der Waals surface area contributed by atoms with E-state index in [1.807, 2.05) is 44.2 Å². The maximum atomic E-state index is 12.5. The Labute approximate surface area is 150 Å².